The van der Waals surface area contributed by atoms with Gasteiger partial charge in [-0.2, -0.15) is 0 Å². The van der Waals surface area contributed by atoms with Gasteiger partial charge in [0.1, 0.15) is 0 Å². The van der Waals surface area contributed by atoms with E-state index in [0.717, 1.165) is 44.8 Å². The van der Waals surface area contributed by atoms with Gasteiger partial charge in [0.25, 0.3) is 0 Å². The molecule has 1 saturated carbocycles. The first-order valence-corrected chi connectivity index (χ1v) is 7.59. The van der Waals surface area contributed by atoms with Crippen LogP contribution in [-0.4, -0.2) is 50.3 Å². The molecule has 1 saturated heterocycles. The van der Waals surface area contributed by atoms with Crippen molar-refractivity contribution in [3.05, 3.63) is 0 Å². The second-order valence-corrected chi connectivity index (χ2v) is 7.02. The second kappa shape index (κ2) is 6.36. The van der Waals surface area contributed by atoms with E-state index in [1.807, 2.05) is 0 Å². The van der Waals surface area contributed by atoms with Crippen molar-refractivity contribution in [2.75, 3.05) is 39.4 Å². The molecule has 0 aromatic rings. The lowest BCUT2D eigenvalue weighted by molar-refractivity contribution is 0.0373. The molecule has 2 unspecified atom stereocenters. The zero-order chi connectivity index (χ0) is 13.0. The molecule has 1 N–H and O–H groups in total. The van der Waals surface area contributed by atoms with Crippen molar-refractivity contribution in [1.29, 1.82) is 0 Å². The molecule has 106 valence electrons. The highest BCUT2D eigenvalue weighted by Crippen LogP contribution is 2.38. The molecular formula is C15H30N2O. The number of nitrogens with zero attached hydrogens (tertiary/aromatic N) is 1. The molecule has 1 aliphatic heterocycles. The molecule has 3 heteroatoms. The molecule has 2 rings (SSSR count). The fourth-order valence-corrected chi connectivity index (χ4v) is 3.75. The van der Waals surface area contributed by atoms with Crippen molar-refractivity contribution in [3.8, 4) is 0 Å². The Morgan fingerprint density at radius 2 is 1.94 bits per heavy atom. The van der Waals surface area contributed by atoms with Gasteiger partial charge in [-0.15, -0.1) is 0 Å². The van der Waals surface area contributed by atoms with E-state index in [2.05, 4.69) is 31.0 Å². The van der Waals surface area contributed by atoms with Crippen LogP contribution in [0.1, 0.15) is 40.0 Å². The molecular weight excluding hydrogens is 224 g/mol. The van der Waals surface area contributed by atoms with Crippen molar-refractivity contribution in [3.63, 3.8) is 0 Å². The highest BCUT2D eigenvalue weighted by atomic mass is 16.5. The zero-order valence-electron chi connectivity index (χ0n) is 12.4. The molecule has 3 nitrogen and oxygen atoms in total. The molecule has 0 radical (unpaired) electrons. The normalized spacial score (nSPS) is 33.5. The van der Waals surface area contributed by atoms with Gasteiger partial charge in [0.05, 0.1) is 13.2 Å². The number of hydrogen-bond donors (Lipinski definition) is 1. The molecule has 1 heterocycles. The van der Waals surface area contributed by atoms with E-state index in [9.17, 15) is 0 Å². The van der Waals surface area contributed by atoms with Crippen molar-refractivity contribution >= 4 is 0 Å². The molecule has 2 aliphatic rings. The lowest BCUT2D eigenvalue weighted by Gasteiger charge is -2.39. The summed E-state index contributed by atoms with van der Waals surface area (Å²) in [4.78, 5) is 2.51. The Balaban J connectivity index is 1.66. The van der Waals surface area contributed by atoms with Crippen LogP contribution in [0.4, 0.5) is 0 Å². The smallest absolute Gasteiger partial charge is 0.0594 e. The molecule has 0 spiro atoms. The van der Waals surface area contributed by atoms with Crippen molar-refractivity contribution in [2.24, 2.45) is 11.3 Å². The van der Waals surface area contributed by atoms with Crippen molar-refractivity contribution in [2.45, 2.75) is 46.1 Å². The van der Waals surface area contributed by atoms with E-state index in [-0.39, 0.29) is 0 Å². The van der Waals surface area contributed by atoms with E-state index in [1.54, 1.807) is 0 Å². The highest BCUT2D eigenvalue weighted by molar-refractivity contribution is 4.86. The molecule has 18 heavy (non-hydrogen) atoms. The van der Waals surface area contributed by atoms with Crippen LogP contribution in [0.5, 0.6) is 0 Å². The number of hydrogen-bond acceptors (Lipinski definition) is 3. The van der Waals surface area contributed by atoms with Crippen LogP contribution < -0.4 is 5.32 Å². The Morgan fingerprint density at radius 1 is 1.22 bits per heavy atom. The summed E-state index contributed by atoms with van der Waals surface area (Å²) in [6.07, 6.45) is 4.07. The Hall–Kier alpha value is -0.120. The number of rotatable bonds is 4. The first-order chi connectivity index (χ1) is 8.55. The first-order valence-electron chi connectivity index (χ1n) is 7.59. The number of morpholine rings is 1. The van der Waals surface area contributed by atoms with Gasteiger partial charge >= 0.3 is 0 Å². The summed E-state index contributed by atoms with van der Waals surface area (Å²) in [5.74, 6) is 0.870. The van der Waals surface area contributed by atoms with Crippen LogP contribution in [0.15, 0.2) is 0 Å². The summed E-state index contributed by atoms with van der Waals surface area (Å²) in [7, 11) is 0. The van der Waals surface area contributed by atoms with Gasteiger partial charge in [0, 0.05) is 32.2 Å². The number of ether oxygens (including phenoxy) is 1. The van der Waals surface area contributed by atoms with Crippen LogP contribution in [-0.2, 0) is 4.74 Å². The third-order valence-electron chi connectivity index (χ3n) is 4.35. The summed E-state index contributed by atoms with van der Waals surface area (Å²) in [5, 5.41) is 3.77. The highest BCUT2D eigenvalue weighted by Gasteiger charge is 2.31. The first kappa shape index (κ1) is 14.3. The Morgan fingerprint density at radius 3 is 2.61 bits per heavy atom. The van der Waals surface area contributed by atoms with Crippen LogP contribution in [0.3, 0.4) is 0 Å². The predicted molar refractivity (Wildman–Crippen MR) is 75.8 cm³/mol. The van der Waals surface area contributed by atoms with Gasteiger partial charge in [0.15, 0.2) is 0 Å². The van der Waals surface area contributed by atoms with Gasteiger partial charge in [-0.1, -0.05) is 20.8 Å². The van der Waals surface area contributed by atoms with E-state index >= 15 is 0 Å². The predicted octanol–water partition coefficient (Wildman–Crippen LogP) is 2.12. The second-order valence-electron chi connectivity index (χ2n) is 7.02. The van der Waals surface area contributed by atoms with E-state index < -0.39 is 0 Å². The maximum absolute atomic E-state index is 5.38. The van der Waals surface area contributed by atoms with E-state index in [0.29, 0.717) is 5.41 Å². The molecule has 2 fully saturated rings. The minimum Gasteiger partial charge on any atom is -0.379 e. The van der Waals surface area contributed by atoms with E-state index in [4.69, 9.17) is 4.74 Å². The Bertz CT molecular complexity index is 249. The third kappa shape index (κ3) is 4.52. The summed E-state index contributed by atoms with van der Waals surface area (Å²) in [6.45, 7) is 13.6. The molecule has 0 aromatic carbocycles. The maximum atomic E-state index is 5.38. The Labute approximate surface area is 112 Å². The van der Waals surface area contributed by atoms with Crippen LogP contribution >= 0.6 is 0 Å². The quantitative estimate of drug-likeness (QED) is 0.832. The van der Waals surface area contributed by atoms with Crippen LogP contribution in [0.25, 0.3) is 0 Å². The molecule has 2 atom stereocenters. The number of nitrogens with one attached hydrogen (secondary N) is 1. The average molecular weight is 254 g/mol. The molecule has 0 bridgehead atoms. The lowest BCUT2D eigenvalue weighted by Crippen LogP contribution is -2.45. The minimum absolute atomic E-state index is 0.522. The minimum atomic E-state index is 0.522. The summed E-state index contributed by atoms with van der Waals surface area (Å²) in [5.41, 5.74) is 0.522. The van der Waals surface area contributed by atoms with E-state index in [1.165, 1.54) is 25.8 Å². The largest absolute Gasteiger partial charge is 0.379 e. The van der Waals surface area contributed by atoms with Crippen molar-refractivity contribution in [1.82, 2.24) is 10.2 Å². The molecule has 0 aromatic heterocycles. The lowest BCUT2D eigenvalue weighted by atomic mass is 9.70. The topological polar surface area (TPSA) is 24.5 Å². The summed E-state index contributed by atoms with van der Waals surface area (Å²) < 4.78 is 5.38. The molecule has 1 aliphatic carbocycles. The van der Waals surface area contributed by atoms with Gasteiger partial charge in [-0.25, -0.2) is 0 Å². The average Bonchev–Trinajstić information content (AvgIpc) is 2.27. The van der Waals surface area contributed by atoms with Gasteiger partial charge in [-0.3, -0.25) is 4.90 Å². The molecule has 0 amide bonds. The Kier molecular flexibility index (Phi) is 5.05. The maximum Gasteiger partial charge on any atom is 0.0594 e. The summed E-state index contributed by atoms with van der Waals surface area (Å²) in [6, 6.07) is 0.727. The SMILES string of the molecule is CC1CC(NCCN2CCOCC2)CC(C)(C)C1. The van der Waals surface area contributed by atoms with Crippen LogP contribution in [0.2, 0.25) is 0 Å². The van der Waals surface area contributed by atoms with Gasteiger partial charge in [-0.05, 0) is 30.6 Å². The van der Waals surface area contributed by atoms with Crippen molar-refractivity contribution < 1.29 is 4.74 Å². The summed E-state index contributed by atoms with van der Waals surface area (Å²) >= 11 is 0. The standard InChI is InChI=1S/C15H30N2O/c1-13-10-14(12-15(2,3)11-13)16-4-5-17-6-8-18-9-7-17/h13-14,16H,4-12H2,1-3H3. The monoisotopic (exact) mass is 254 g/mol. The fraction of sp³-hybridized carbons (Fsp3) is 1.00. The third-order valence-corrected chi connectivity index (χ3v) is 4.35. The van der Waals surface area contributed by atoms with Gasteiger partial charge < -0.3 is 10.1 Å². The van der Waals surface area contributed by atoms with Gasteiger partial charge in [0.2, 0.25) is 0 Å². The van der Waals surface area contributed by atoms with Crippen LogP contribution in [0, 0.1) is 11.3 Å². The zero-order valence-corrected chi connectivity index (χ0v) is 12.4. The fourth-order valence-electron chi connectivity index (χ4n) is 3.75.